The quantitative estimate of drug-likeness (QED) is 0.810. The molecule has 0 bridgehead atoms. The molecule has 138 valence electrons. The number of amides is 1. The number of halogens is 1. The molecule has 25 heavy (non-hydrogen) atoms. The van der Waals surface area contributed by atoms with Gasteiger partial charge < -0.3 is 14.7 Å². The van der Waals surface area contributed by atoms with Crippen LogP contribution in [0.25, 0.3) is 0 Å². The molecule has 0 aromatic heterocycles. The Morgan fingerprint density at radius 3 is 2.56 bits per heavy atom. The van der Waals surface area contributed by atoms with Crippen molar-refractivity contribution in [1.29, 1.82) is 0 Å². The van der Waals surface area contributed by atoms with Crippen LogP contribution in [-0.4, -0.2) is 51.6 Å². The van der Waals surface area contributed by atoms with E-state index in [1.807, 2.05) is 12.1 Å². The first-order chi connectivity index (χ1) is 11.7. The summed E-state index contributed by atoms with van der Waals surface area (Å²) in [7, 11) is 0. The van der Waals surface area contributed by atoms with Crippen molar-refractivity contribution in [3.05, 3.63) is 34.9 Å². The number of morpholine rings is 1. The molecule has 1 aliphatic rings. The van der Waals surface area contributed by atoms with Crippen molar-refractivity contribution in [2.45, 2.75) is 44.1 Å². The molecule has 2 atom stereocenters. The molecule has 2 rings (SSSR count). The third-order valence-electron chi connectivity index (χ3n) is 3.87. The number of thioether (sulfide) groups is 1. The SMILES string of the molecule is CC(C)(C)SCCN1C(=O)C(CC(=O)O)OCC1c1ccc(Cl)cc1. The van der Waals surface area contributed by atoms with Gasteiger partial charge in [0.25, 0.3) is 5.91 Å². The van der Waals surface area contributed by atoms with E-state index in [-0.39, 0.29) is 29.7 Å². The van der Waals surface area contributed by atoms with Gasteiger partial charge in [0.2, 0.25) is 0 Å². The Morgan fingerprint density at radius 1 is 1.36 bits per heavy atom. The normalized spacial score (nSPS) is 21.4. The van der Waals surface area contributed by atoms with Gasteiger partial charge in [0, 0.05) is 22.1 Å². The summed E-state index contributed by atoms with van der Waals surface area (Å²) in [5.41, 5.74) is 0.937. The van der Waals surface area contributed by atoms with Gasteiger partial charge in [-0.2, -0.15) is 11.8 Å². The predicted octanol–water partition coefficient (Wildman–Crippen LogP) is 3.61. The molecule has 1 fully saturated rings. The van der Waals surface area contributed by atoms with Gasteiger partial charge in [-0.25, -0.2) is 0 Å². The number of carboxylic acids is 1. The molecule has 2 unspecified atom stereocenters. The first-order valence-electron chi connectivity index (χ1n) is 8.20. The van der Waals surface area contributed by atoms with E-state index in [0.717, 1.165) is 11.3 Å². The van der Waals surface area contributed by atoms with Crippen LogP contribution in [0.1, 0.15) is 38.8 Å². The van der Waals surface area contributed by atoms with E-state index in [1.54, 1.807) is 28.8 Å². The Labute approximate surface area is 157 Å². The molecular weight excluding hydrogens is 362 g/mol. The third kappa shape index (κ3) is 5.90. The van der Waals surface area contributed by atoms with E-state index in [4.69, 9.17) is 21.4 Å². The average Bonchev–Trinajstić information content (AvgIpc) is 2.50. The van der Waals surface area contributed by atoms with Gasteiger partial charge in [-0.1, -0.05) is 44.5 Å². The topological polar surface area (TPSA) is 66.8 Å². The van der Waals surface area contributed by atoms with Crippen LogP contribution in [0.5, 0.6) is 0 Å². The lowest BCUT2D eigenvalue weighted by atomic mass is 10.0. The van der Waals surface area contributed by atoms with Gasteiger partial charge in [-0.05, 0) is 17.7 Å². The Balaban J connectivity index is 2.16. The largest absolute Gasteiger partial charge is 0.481 e. The number of rotatable bonds is 6. The van der Waals surface area contributed by atoms with Gasteiger partial charge in [0.15, 0.2) is 0 Å². The maximum atomic E-state index is 12.8. The minimum atomic E-state index is -1.03. The van der Waals surface area contributed by atoms with Crippen molar-refractivity contribution in [1.82, 2.24) is 4.90 Å². The molecule has 5 nitrogen and oxygen atoms in total. The molecule has 1 saturated heterocycles. The van der Waals surface area contributed by atoms with Crippen molar-refractivity contribution < 1.29 is 19.4 Å². The molecule has 1 aromatic carbocycles. The fourth-order valence-corrected chi connectivity index (χ4v) is 3.72. The Kier molecular flexibility index (Phi) is 6.77. The van der Waals surface area contributed by atoms with Crippen molar-refractivity contribution >= 4 is 35.2 Å². The number of carbonyl (C=O) groups is 2. The molecular formula is C18H24ClNO4S. The van der Waals surface area contributed by atoms with Crippen LogP contribution < -0.4 is 0 Å². The average molecular weight is 386 g/mol. The Hall–Kier alpha value is -1.24. The van der Waals surface area contributed by atoms with Crippen molar-refractivity contribution in [3.63, 3.8) is 0 Å². The molecule has 0 radical (unpaired) electrons. The van der Waals surface area contributed by atoms with Crippen LogP contribution >= 0.6 is 23.4 Å². The summed E-state index contributed by atoms with van der Waals surface area (Å²) in [6.45, 7) is 7.22. The van der Waals surface area contributed by atoms with Gasteiger partial charge in [0.1, 0.15) is 6.10 Å². The molecule has 0 spiro atoms. The Morgan fingerprint density at radius 2 is 2.00 bits per heavy atom. The lowest BCUT2D eigenvalue weighted by Crippen LogP contribution is -2.51. The second-order valence-corrected chi connectivity index (χ2v) is 9.34. The summed E-state index contributed by atoms with van der Waals surface area (Å²) in [4.78, 5) is 25.5. The molecule has 0 aliphatic carbocycles. The highest BCUT2D eigenvalue weighted by atomic mass is 35.5. The van der Waals surface area contributed by atoms with Crippen molar-refractivity contribution in [2.75, 3.05) is 18.9 Å². The first-order valence-corrected chi connectivity index (χ1v) is 9.57. The summed E-state index contributed by atoms with van der Waals surface area (Å²) in [5, 5.41) is 9.63. The monoisotopic (exact) mass is 385 g/mol. The fourth-order valence-electron chi connectivity index (χ4n) is 2.69. The predicted molar refractivity (Wildman–Crippen MR) is 100 cm³/mol. The molecule has 1 aliphatic heterocycles. The summed E-state index contributed by atoms with van der Waals surface area (Å²) in [5.74, 6) is -0.519. The molecule has 1 heterocycles. The zero-order valence-electron chi connectivity index (χ0n) is 14.7. The van der Waals surface area contributed by atoms with E-state index < -0.39 is 12.1 Å². The van der Waals surface area contributed by atoms with Gasteiger partial charge in [-0.3, -0.25) is 9.59 Å². The maximum absolute atomic E-state index is 12.8. The summed E-state index contributed by atoms with van der Waals surface area (Å²) in [6.07, 6.45) is -1.23. The molecule has 1 amide bonds. The number of hydrogen-bond donors (Lipinski definition) is 1. The van der Waals surface area contributed by atoms with Crippen LogP contribution in [0.15, 0.2) is 24.3 Å². The minimum absolute atomic E-state index is 0.103. The zero-order valence-corrected chi connectivity index (χ0v) is 16.3. The first kappa shape index (κ1) is 20.1. The summed E-state index contributed by atoms with van der Waals surface area (Å²) < 4.78 is 5.67. The van der Waals surface area contributed by atoms with Crippen LogP contribution in [0.3, 0.4) is 0 Å². The number of aliphatic carboxylic acids is 1. The molecule has 1 aromatic rings. The maximum Gasteiger partial charge on any atom is 0.306 e. The third-order valence-corrected chi connectivity index (χ3v) is 5.38. The molecule has 0 saturated carbocycles. The minimum Gasteiger partial charge on any atom is -0.481 e. The zero-order chi connectivity index (χ0) is 18.6. The van der Waals surface area contributed by atoms with E-state index in [2.05, 4.69) is 20.8 Å². The molecule has 1 N–H and O–H groups in total. The summed E-state index contributed by atoms with van der Waals surface area (Å²) >= 11 is 7.72. The van der Waals surface area contributed by atoms with E-state index >= 15 is 0 Å². The Bertz CT molecular complexity index is 614. The fraction of sp³-hybridized carbons (Fsp3) is 0.556. The van der Waals surface area contributed by atoms with Crippen LogP contribution in [0, 0.1) is 0 Å². The number of hydrogen-bond acceptors (Lipinski definition) is 4. The van der Waals surface area contributed by atoms with E-state index in [1.165, 1.54) is 0 Å². The number of carboxylic acid groups (broad SMARTS) is 1. The highest BCUT2D eigenvalue weighted by Crippen LogP contribution is 2.30. The van der Waals surface area contributed by atoms with Gasteiger partial charge >= 0.3 is 5.97 Å². The van der Waals surface area contributed by atoms with Crippen molar-refractivity contribution in [2.24, 2.45) is 0 Å². The van der Waals surface area contributed by atoms with E-state index in [9.17, 15) is 9.59 Å². The van der Waals surface area contributed by atoms with Crippen LogP contribution in [0.2, 0.25) is 5.02 Å². The van der Waals surface area contributed by atoms with Crippen LogP contribution in [-0.2, 0) is 14.3 Å². The van der Waals surface area contributed by atoms with Crippen molar-refractivity contribution in [3.8, 4) is 0 Å². The van der Waals surface area contributed by atoms with E-state index in [0.29, 0.717) is 11.6 Å². The molecule has 7 heteroatoms. The van der Waals surface area contributed by atoms with Crippen LogP contribution in [0.4, 0.5) is 0 Å². The highest BCUT2D eigenvalue weighted by molar-refractivity contribution is 8.00. The smallest absolute Gasteiger partial charge is 0.306 e. The summed E-state index contributed by atoms with van der Waals surface area (Å²) in [6, 6.07) is 7.10. The lowest BCUT2D eigenvalue weighted by molar-refractivity contribution is -0.165. The second kappa shape index (κ2) is 8.43. The number of ether oxygens (including phenoxy) is 1. The van der Waals surface area contributed by atoms with Gasteiger partial charge in [-0.15, -0.1) is 0 Å². The standard InChI is InChI=1S/C18H24ClNO4S/c1-18(2,3)25-9-8-20-14(12-4-6-13(19)7-5-12)11-24-15(17(20)23)10-16(21)22/h4-7,14-15H,8-11H2,1-3H3,(H,21,22). The number of carbonyl (C=O) groups excluding carboxylic acids is 1. The lowest BCUT2D eigenvalue weighted by Gasteiger charge is -2.39. The second-order valence-electron chi connectivity index (χ2n) is 6.98. The number of benzene rings is 1. The van der Waals surface area contributed by atoms with Gasteiger partial charge in [0.05, 0.1) is 19.1 Å². The number of nitrogens with zero attached hydrogens (tertiary/aromatic N) is 1. The highest BCUT2D eigenvalue weighted by Gasteiger charge is 2.37.